The molecule has 7 heteroatoms. The van der Waals surface area contributed by atoms with E-state index in [4.69, 9.17) is 5.73 Å². The van der Waals surface area contributed by atoms with Crippen LogP contribution in [-0.2, 0) is 6.42 Å². The van der Waals surface area contributed by atoms with E-state index < -0.39 is 0 Å². The number of nitrogens with zero attached hydrogens (tertiary/aromatic N) is 5. The van der Waals surface area contributed by atoms with Crippen molar-refractivity contribution in [1.29, 1.82) is 0 Å². The lowest BCUT2D eigenvalue weighted by atomic mass is 10.1. The minimum Gasteiger partial charge on any atom is -0.368 e. The molecule has 0 aliphatic rings. The van der Waals surface area contributed by atoms with Crippen LogP contribution in [-0.4, -0.2) is 37.8 Å². The van der Waals surface area contributed by atoms with Gasteiger partial charge in [-0.2, -0.15) is 0 Å². The summed E-state index contributed by atoms with van der Waals surface area (Å²) >= 11 is 0. The molecule has 0 saturated carbocycles. The summed E-state index contributed by atoms with van der Waals surface area (Å²) in [6.45, 7) is 6.08. The van der Waals surface area contributed by atoms with E-state index in [0.29, 0.717) is 11.6 Å². The number of carbonyl (C=O) groups is 1. The number of hydrogen-bond donors (Lipinski definition) is 1. The van der Waals surface area contributed by atoms with Crippen molar-refractivity contribution in [3.05, 3.63) is 41.7 Å². The van der Waals surface area contributed by atoms with Gasteiger partial charge in [0.25, 0.3) is 5.91 Å². The Hall–Kier alpha value is -2.57. The van der Waals surface area contributed by atoms with Crippen molar-refractivity contribution in [2.24, 2.45) is 5.92 Å². The highest BCUT2D eigenvalue weighted by molar-refractivity contribution is 5.92. The van der Waals surface area contributed by atoms with Crippen molar-refractivity contribution in [2.45, 2.75) is 33.2 Å². The van der Waals surface area contributed by atoms with Crippen molar-refractivity contribution >= 4 is 11.9 Å². The number of nitrogens with two attached hydrogens (primary N) is 1. The molecule has 2 N–H and O–H groups in total. The predicted molar refractivity (Wildman–Crippen MR) is 87.5 cm³/mol. The van der Waals surface area contributed by atoms with Crippen LogP contribution >= 0.6 is 0 Å². The van der Waals surface area contributed by atoms with Crippen LogP contribution in [0.5, 0.6) is 0 Å². The molecule has 0 fully saturated rings. The molecule has 0 aliphatic heterocycles. The first kappa shape index (κ1) is 16.8. The van der Waals surface area contributed by atoms with Crippen LogP contribution in [0.15, 0.2) is 24.7 Å². The average Bonchev–Trinajstić information content (AvgIpc) is 2.52. The summed E-state index contributed by atoms with van der Waals surface area (Å²) in [5, 5.41) is 0. The van der Waals surface area contributed by atoms with E-state index in [2.05, 4.69) is 33.8 Å². The Morgan fingerprint density at radius 1 is 1.30 bits per heavy atom. The third-order valence-corrected chi connectivity index (χ3v) is 3.57. The predicted octanol–water partition coefficient (Wildman–Crippen LogP) is 1.88. The molecule has 0 saturated heterocycles. The molecule has 2 rings (SSSR count). The van der Waals surface area contributed by atoms with Crippen LogP contribution in [0.3, 0.4) is 0 Å². The second-order valence-electron chi connectivity index (χ2n) is 5.93. The van der Waals surface area contributed by atoms with E-state index in [0.717, 1.165) is 17.8 Å². The Morgan fingerprint density at radius 2 is 2.04 bits per heavy atom. The number of nitrogen functional groups attached to an aromatic ring is 1. The Labute approximate surface area is 136 Å². The maximum Gasteiger partial charge on any atom is 0.272 e. The molecule has 0 radical (unpaired) electrons. The number of anilines is 1. The zero-order valence-corrected chi connectivity index (χ0v) is 13.9. The fourth-order valence-corrected chi connectivity index (χ4v) is 2.25. The molecule has 2 aromatic heterocycles. The van der Waals surface area contributed by atoms with E-state index in [1.54, 1.807) is 30.3 Å². The van der Waals surface area contributed by atoms with Crippen LogP contribution < -0.4 is 5.73 Å². The fourth-order valence-electron chi connectivity index (χ4n) is 2.25. The largest absolute Gasteiger partial charge is 0.368 e. The van der Waals surface area contributed by atoms with Crippen LogP contribution in [0.1, 0.15) is 48.7 Å². The third-order valence-electron chi connectivity index (χ3n) is 3.57. The Morgan fingerprint density at radius 3 is 2.65 bits per heavy atom. The molecule has 122 valence electrons. The van der Waals surface area contributed by atoms with E-state index >= 15 is 0 Å². The fraction of sp³-hybridized carbons (Fsp3) is 0.438. The van der Waals surface area contributed by atoms with Crippen LogP contribution in [0.2, 0.25) is 0 Å². The highest BCUT2D eigenvalue weighted by atomic mass is 16.2. The molecule has 0 unspecified atom stereocenters. The summed E-state index contributed by atoms with van der Waals surface area (Å²) in [7, 11) is 1.72. The highest BCUT2D eigenvalue weighted by Gasteiger charge is 2.22. The van der Waals surface area contributed by atoms with Crippen molar-refractivity contribution in [3.8, 4) is 0 Å². The smallest absolute Gasteiger partial charge is 0.272 e. The zero-order valence-electron chi connectivity index (χ0n) is 13.9. The average molecular weight is 314 g/mol. The van der Waals surface area contributed by atoms with Crippen LogP contribution in [0, 0.1) is 5.92 Å². The van der Waals surface area contributed by atoms with E-state index in [9.17, 15) is 4.79 Å². The quantitative estimate of drug-likeness (QED) is 0.905. The van der Waals surface area contributed by atoms with Gasteiger partial charge in [-0.1, -0.05) is 13.8 Å². The molecule has 1 atom stereocenters. The number of hydrogen-bond acceptors (Lipinski definition) is 6. The van der Waals surface area contributed by atoms with Gasteiger partial charge < -0.3 is 10.6 Å². The van der Waals surface area contributed by atoms with Gasteiger partial charge in [-0.3, -0.25) is 4.79 Å². The molecule has 2 aromatic rings. The third kappa shape index (κ3) is 4.21. The molecular formula is C16H22N6O. The van der Waals surface area contributed by atoms with E-state index in [1.807, 2.05) is 6.92 Å². The highest BCUT2D eigenvalue weighted by Crippen LogP contribution is 2.18. The van der Waals surface area contributed by atoms with Gasteiger partial charge in [0.1, 0.15) is 12.0 Å². The number of aromatic nitrogens is 4. The minimum atomic E-state index is -0.213. The maximum absolute atomic E-state index is 12.7. The molecule has 0 bridgehead atoms. The van der Waals surface area contributed by atoms with Crippen LogP contribution in [0.25, 0.3) is 0 Å². The van der Waals surface area contributed by atoms with Gasteiger partial charge in [0.15, 0.2) is 0 Å². The van der Waals surface area contributed by atoms with Crippen LogP contribution in [0.4, 0.5) is 5.95 Å². The molecule has 7 nitrogen and oxygen atoms in total. The molecule has 0 aliphatic carbocycles. The lowest BCUT2D eigenvalue weighted by Crippen LogP contribution is -2.31. The van der Waals surface area contributed by atoms with Gasteiger partial charge in [0, 0.05) is 18.9 Å². The first-order chi connectivity index (χ1) is 10.9. The lowest BCUT2D eigenvalue weighted by molar-refractivity contribution is 0.0733. The summed E-state index contributed by atoms with van der Waals surface area (Å²) in [4.78, 5) is 30.6. The van der Waals surface area contributed by atoms with Crippen molar-refractivity contribution < 1.29 is 4.79 Å². The standard InChI is InChI=1S/C16H22N6O/c1-10(2)7-12-8-14(21-16(17)20-12)15(23)22(4)11(3)13-5-6-18-9-19-13/h5-6,8-11H,7H2,1-4H3,(H2,17,20,21)/t11-/m1/s1. The first-order valence-corrected chi connectivity index (χ1v) is 7.55. The zero-order chi connectivity index (χ0) is 17.0. The molecule has 2 heterocycles. The Kier molecular flexibility index (Phi) is 5.20. The van der Waals surface area contributed by atoms with Gasteiger partial charge in [-0.25, -0.2) is 19.9 Å². The van der Waals surface area contributed by atoms with Crippen molar-refractivity contribution in [1.82, 2.24) is 24.8 Å². The molecule has 23 heavy (non-hydrogen) atoms. The van der Waals surface area contributed by atoms with Crippen molar-refractivity contribution in [3.63, 3.8) is 0 Å². The van der Waals surface area contributed by atoms with Gasteiger partial charge in [0.05, 0.1) is 11.7 Å². The summed E-state index contributed by atoms with van der Waals surface area (Å²) in [5.74, 6) is 0.328. The second kappa shape index (κ2) is 7.13. The summed E-state index contributed by atoms with van der Waals surface area (Å²) in [5.41, 5.74) is 7.59. The molecule has 0 aromatic carbocycles. The number of rotatable bonds is 5. The minimum absolute atomic E-state index is 0.120. The van der Waals surface area contributed by atoms with Gasteiger partial charge in [0.2, 0.25) is 5.95 Å². The summed E-state index contributed by atoms with van der Waals surface area (Å²) in [6, 6.07) is 3.30. The summed E-state index contributed by atoms with van der Waals surface area (Å²) in [6.07, 6.45) is 3.87. The summed E-state index contributed by atoms with van der Waals surface area (Å²) < 4.78 is 0. The Balaban J connectivity index is 2.24. The maximum atomic E-state index is 12.7. The number of carbonyl (C=O) groups excluding carboxylic acids is 1. The topological polar surface area (TPSA) is 97.9 Å². The Bertz CT molecular complexity index is 674. The van der Waals surface area contributed by atoms with Gasteiger partial charge in [-0.15, -0.1) is 0 Å². The lowest BCUT2D eigenvalue weighted by Gasteiger charge is -2.24. The van der Waals surface area contributed by atoms with Crippen molar-refractivity contribution in [2.75, 3.05) is 12.8 Å². The van der Waals surface area contributed by atoms with E-state index in [1.165, 1.54) is 6.33 Å². The number of amides is 1. The SMILES string of the molecule is CC(C)Cc1cc(C(=O)N(C)[C@H](C)c2ccncn2)nc(N)n1. The van der Waals surface area contributed by atoms with E-state index in [-0.39, 0.29) is 17.9 Å². The molecular weight excluding hydrogens is 292 g/mol. The van der Waals surface area contributed by atoms with Gasteiger partial charge in [-0.05, 0) is 31.4 Å². The van der Waals surface area contributed by atoms with Gasteiger partial charge >= 0.3 is 0 Å². The normalized spacial score (nSPS) is 12.2. The first-order valence-electron chi connectivity index (χ1n) is 7.55. The molecule has 0 spiro atoms. The monoisotopic (exact) mass is 314 g/mol. The molecule has 1 amide bonds. The second-order valence-corrected chi connectivity index (χ2v) is 5.93.